The van der Waals surface area contributed by atoms with E-state index in [-0.39, 0.29) is 0 Å². The molecule has 0 amide bonds. The average molecular weight is 253 g/mol. The van der Waals surface area contributed by atoms with Gasteiger partial charge in [0.1, 0.15) is 0 Å². The molecule has 2 aromatic heterocycles. The zero-order chi connectivity index (χ0) is 11.4. The van der Waals surface area contributed by atoms with Crippen molar-refractivity contribution in [2.45, 2.75) is 17.8 Å². The summed E-state index contributed by atoms with van der Waals surface area (Å²) in [6.45, 7) is 1.96. The van der Waals surface area contributed by atoms with E-state index in [1.807, 2.05) is 13.0 Å². The molecule has 4 nitrogen and oxygen atoms in total. The van der Waals surface area contributed by atoms with Crippen molar-refractivity contribution in [1.82, 2.24) is 20.2 Å². The Balaban J connectivity index is 1.97. The molecule has 0 bridgehead atoms. The first kappa shape index (κ1) is 11.3. The van der Waals surface area contributed by atoms with E-state index in [0.717, 1.165) is 16.4 Å². The minimum atomic E-state index is 0.403. The molecule has 0 unspecified atom stereocenters. The first-order valence-electron chi connectivity index (χ1n) is 4.63. The van der Waals surface area contributed by atoms with Crippen LogP contribution in [0.2, 0.25) is 5.15 Å². The van der Waals surface area contributed by atoms with Gasteiger partial charge in [-0.3, -0.25) is 0 Å². The van der Waals surface area contributed by atoms with Crippen LogP contribution in [0.3, 0.4) is 0 Å². The molecule has 0 atom stereocenters. The van der Waals surface area contributed by atoms with Gasteiger partial charge in [-0.1, -0.05) is 23.4 Å². The average Bonchev–Trinajstić information content (AvgIpc) is 2.30. The molecule has 0 saturated carbocycles. The van der Waals surface area contributed by atoms with E-state index >= 15 is 0 Å². The molecule has 0 saturated heterocycles. The summed E-state index contributed by atoms with van der Waals surface area (Å²) in [4.78, 5) is 8.38. The van der Waals surface area contributed by atoms with Gasteiger partial charge >= 0.3 is 0 Å². The van der Waals surface area contributed by atoms with Crippen LogP contribution in [0.1, 0.15) is 11.3 Å². The molecule has 0 N–H and O–H groups in total. The molecule has 6 heteroatoms. The van der Waals surface area contributed by atoms with E-state index in [9.17, 15) is 0 Å². The first-order valence-corrected chi connectivity index (χ1v) is 6.00. The van der Waals surface area contributed by atoms with Crippen molar-refractivity contribution < 1.29 is 0 Å². The second-order valence-corrected chi connectivity index (χ2v) is 4.51. The molecular formula is C10H9ClN4S. The number of nitrogens with zero attached hydrogens (tertiary/aromatic N) is 4. The molecule has 0 fully saturated rings. The molecule has 82 valence electrons. The standard InChI is InChI=1S/C10H9ClN4S/c1-7-4-12-10(13-5-7)16-6-8-2-3-9(11)15-14-8/h2-5H,6H2,1H3. The van der Waals surface area contributed by atoms with Crippen molar-refractivity contribution in [3.63, 3.8) is 0 Å². The van der Waals surface area contributed by atoms with Gasteiger partial charge in [0.15, 0.2) is 10.3 Å². The molecule has 2 aromatic rings. The van der Waals surface area contributed by atoms with Crippen molar-refractivity contribution in [1.29, 1.82) is 0 Å². The van der Waals surface area contributed by atoms with Gasteiger partial charge in [0.05, 0.1) is 5.69 Å². The molecule has 0 aromatic carbocycles. The summed E-state index contributed by atoms with van der Waals surface area (Å²) in [6, 6.07) is 3.57. The zero-order valence-electron chi connectivity index (χ0n) is 8.59. The molecule has 0 aliphatic carbocycles. The third-order valence-corrected chi connectivity index (χ3v) is 2.90. The molecule has 16 heavy (non-hydrogen) atoms. The Hall–Kier alpha value is -1.20. The van der Waals surface area contributed by atoms with Gasteiger partial charge in [0.2, 0.25) is 0 Å². The Morgan fingerprint density at radius 2 is 1.94 bits per heavy atom. The van der Waals surface area contributed by atoms with Gasteiger partial charge in [-0.25, -0.2) is 9.97 Å². The van der Waals surface area contributed by atoms with Crippen LogP contribution < -0.4 is 0 Å². The van der Waals surface area contributed by atoms with Crippen LogP contribution in [0.25, 0.3) is 0 Å². The molecule has 2 heterocycles. The summed E-state index contributed by atoms with van der Waals surface area (Å²) < 4.78 is 0. The Labute approximate surface area is 102 Å². The largest absolute Gasteiger partial charge is 0.231 e. The van der Waals surface area contributed by atoms with Gasteiger partial charge in [0.25, 0.3) is 0 Å². The quantitative estimate of drug-likeness (QED) is 0.621. The fraction of sp³-hybridized carbons (Fsp3) is 0.200. The highest BCUT2D eigenvalue weighted by atomic mass is 35.5. The van der Waals surface area contributed by atoms with Gasteiger partial charge in [-0.2, -0.15) is 5.10 Å². The summed E-state index contributed by atoms with van der Waals surface area (Å²) >= 11 is 7.16. The molecule has 0 radical (unpaired) electrons. The van der Waals surface area contributed by atoms with Crippen molar-refractivity contribution in [2.24, 2.45) is 0 Å². The van der Waals surface area contributed by atoms with Crippen molar-refractivity contribution >= 4 is 23.4 Å². The normalized spacial score (nSPS) is 10.4. The number of aromatic nitrogens is 4. The predicted molar refractivity (Wildman–Crippen MR) is 63.4 cm³/mol. The van der Waals surface area contributed by atoms with E-state index in [4.69, 9.17) is 11.6 Å². The lowest BCUT2D eigenvalue weighted by atomic mass is 10.4. The highest BCUT2D eigenvalue weighted by Crippen LogP contribution is 2.17. The number of thioether (sulfide) groups is 1. The lowest BCUT2D eigenvalue weighted by Gasteiger charge is -1.99. The summed E-state index contributed by atoms with van der Waals surface area (Å²) in [5, 5.41) is 8.86. The molecule has 0 spiro atoms. The first-order chi connectivity index (χ1) is 7.74. The van der Waals surface area contributed by atoms with E-state index in [0.29, 0.717) is 10.9 Å². The number of halogens is 1. The maximum Gasteiger partial charge on any atom is 0.187 e. The number of hydrogen-bond donors (Lipinski definition) is 0. The van der Waals surface area contributed by atoms with E-state index < -0.39 is 0 Å². The van der Waals surface area contributed by atoms with Crippen molar-refractivity contribution in [3.05, 3.63) is 40.9 Å². The summed E-state index contributed by atoms with van der Waals surface area (Å²) in [6.07, 6.45) is 3.59. The second kappa shape index (κ2) is 5.23. The monoisotopic (exact) mass is 252 g/mol. The topological polar surface area (TPSA) is 51.6 Å². The molecule has 0 aliphatic rings. The Morgan fingerprint density at radius 3 is 2.56 bits per heavy atom. The van der Waals surface area contributed by atoms with Gasteiger partial charge in [-0.15, -0.1) is 5.10 Å². The minimum Gasteiger partial charge on any atom is -0.231 e. The molecule has 2 rings (SSSR count). The third-order valence-electron chi connectivity index (χ3n) is 1.79. The van der Waals surface area contributed by atoms with Crippen LogP contribution in [-0.4, -0.2) is 20.2 Å². The third kappa shape index (κ3) is 3.15. The van der Waals surface area contributed by atoms with Gasteiger partial charge in [0, 0.05) is 18.1 Å². The van der Waals surface area contributed by atoms with Gasteiger partial charge in [-0.05, 0) is 24.6 Å². The molecular weight excluding hydrogens is 244 g/mol. The second-order valence-electron chi connectivity index (χ2n) is 3.18. The van der Waals surface area contributed by atoms with E-state index in [2.05, 4.69) is 20.2 Å². The van der Waals surface area contributed by atoms with Crippen molar-refractivity contribution in [2.75, 3.05) is 0 Å². The Kier molecular flexibility index (Phi) is 3.69. The predicted octanol–water partition coefficient (Wildman–Crippen LogP) is 2.52. The maximum atomic E-state index is 5.64. The fourth-order valence-corrected chi connectivity index (χ4v) is 1.80. The van der Waals surface area contributed by atoms with E-state index in [1.165, 1.54) is 11.8 Å². The summed E-state index contributed by atoms with van der Waals surface area (Å²) in [7, 11) is 0. The highest BCUT2D eigenvalue weighted by molar-refractivity contribution is 7.98. The summed E-state index contributed by atoms with van der Waals surface area (Å²) in [5.41, 5.74) is 1.91. The smallest absolute Gasteiger partial charge is 0.187 e. The van der Waals surface area contributed by atoms with Crippen molar-refractivity contribution in [3.8, 4) is 0 Å². The zero-order valence-corrected chi connectivity index (χ0v) is 10.2. The van der Waals surface area contributed by atoms with E-state index in [1.54, 1.807) is 18.5 Å². The maximum absolute atomic E-state index is 5.64. The van der Waals surface area contributed by atoms with Crippen LogP contribution in [0, 0.1) is 6.92 Å². The van der Waals surface area contributed by atoms with Crippen LogP contribution >= 0.6 is 23.4 Å². The van der Waals surface area contributed by atoms with Crippen LogP contribution in [0.15, 0.2) is 29.7 Å². The Morgan fingerprint density at radius 1 is 1.19 bits per heavy atom. The fourth-order valence-electron chi connectivity index (χ4n) is 1.01. The SMILES string of the molecule is Cc1cnc(SCc2ccc(Cl)nn2)nc1. The number of aryl methyl sites for hydroxylation is 1. The minimum absolute atomic E-state index is 0.403. The van der Waals surface area contributed by atoms with Crippen LogP contribution in [0.5, 0.6) is 0 Å². The Bertz CT molecular complexity index is 412. The lowest BCUT2D eigenvalue weighted by Crippen LogP contribution is -1.92. The number of rotatable bonds is 3. The van der Waals surface area contributed by atoms with Crippen LogP contribution in [-0.2, 0) is 5.75 Å². The lowest BCUT2D eigenvalue weighted by molar-refractivity contribution is 0.939. The summed E-state index contributed by atoms with van der Waals surface area (Å²) in [5.74, 6) is 0.688. The number of hydrogen-bond acceptors (Lipinski definition) is 5. The van der Waals surface area contributed by atoms with Crippen LogP contribution in [0.4, 0.5) is 0 Å². The highest BCUT2D eigenvalue weighted by Gasteiger charge is 2.00. The molecule has 0 aliphatic heterocycles. The van der Waals surface area contributed by atoms with Gasteiger partial charge < -0.3 is 0 Å².